The van der Waals surface area contributed by atoms with Gasteiger partial charge < -0.3 is 11.0 Å². The zero-order chi connectivity index (χ0) is 2.00. The van der Waals surface area contributed by atoms with E-state index in [0.717, 1.165) is 0 Å². The Morgan fingerprint density at radius 1 is 1.00 bits per heavy atom. The Balaban J connectivity index is -0.00000000167. The molecule has 29 valence electrons. The van der Waals surface area contributed by atoms with Gasteiger partial charge in [0.1, 0.15) is 0 Å². The van der Waals surface area contributed by atoms with Gasteiger partial charge in [0.15, 0.2) is 0 Å². The second kappa shape index (κ2) is 49.2. The number of hydrogen-bond donors (Lipinski definition) is 0. The van der Waals surface area contributed by atoms with Crippen LogP contribution in [0.1, 0.15) is 0 Å². The summed E-state index contributed by atoms with van der Waals surface area (Å²) in [4.78, 5) is 0. The van der Waals surface area contributed by atoms with Crippen molar-refractivity contribution in [3.8, 4) is 0 Å². The molecule has 5 heavy (non-hydrogen) atoms. The van der Waals surface area contributed by atoms with Crippen LogP contribution in [0.5, 0.6) is 0 Å². The predicted octanol–water partition coefficient (Wildman–Crippen LogP) is -2.80. The zero-order valence-corrected chi connectivity index (χ0v) is 4.15. The maximum atomic E-state index is 8.26. The monoisotopic (exact) mass is 206 g/mol. The zero-order valence-electron chi connectivity index (χ0n) is 1.82. The van der Waals surface area contributed by atoms with Gasteiger partial charge in [0, 0.05) is 0 Å². The molecule has 0 bridgehead atoms. The van der Waals surface area contributed by atoms with Gasteiger partial charge in [-0.15, -0.1) is 0 Å². The first-order chi connectivity index (χ1) is 1.00. The van der Waals surface area contributed by atoms with Gasteiger partial charge in [-0.2, -0.15) is 0 Å². The molecule has 0 aromatic rings. The molecule has 0 atom stereocenters. The van der Waals surface area contributed by atoms with Crippen LogP contribution < -0.4 is 0 Å². The molecule has 1 radical (unpaired) electrons. The van der Waals surface area contributed by atoms with Gasteiger partial charge in [0.2, 0.25) is 0 Å². The molecule has 0 saturated carbocycles. The molecule has 0 fully saturated rings. The van der Waals surface area contributed by atoms with Crippen LogP contribution in [0.25, 0.3) is 0 Å². The molecule has 3 nitrogen and oxygen atoms in total. The second-order valence-electron chi connectivity index (χ2n) is 0. The van der Waals surface area contributed by atoms with Crippen LogP contribution in [-0.4, -0.2) is 62.8 Å². The molecule has 0 aromatic carbocycles. The van der Waals surface area contributed by atoms with Crippen molar-refractivity contribution in [3.05, 3.63) is 0 Å². The Labute approximate surface area is 65.3 Å². The summed E-state index contributed by atoms with van der Waals surface area (Å²) in [6.45, 7) is 0. The molecular formula is H5NaO3Te+. The SMILES string of the molecule is O.O.O=[Te+].[NaH]. The molecule has 0 spiro atoms. The van der Waals surface area contributed by atoms with Gasteiger partial charge in [-0.1, -0.05) is 0 Å². The van der Waals surface area contributed by atoms with Crippen molar-refractivity contribution in [3.63, 3.8) is 0 Å². The molecule has 0 unspecified atom stereocenters. The van der Waals surface area contributed by atoms with E-state index in [4.69, 9.17) is 3.10 Å². The predicted molar refractivity (Wildman–Crippen MR) is 20.8 cm³/mol. The number of hydrogen-bond acceptors (Lipinski definition) is 1. The summed E-state index contributed by atoms with van der Waals surface area (Å²) >= 11 is 0.700. The summed E-state index contributed by atoms with van der Waals surface area (Å²) in [5.41, 5.74) is 0. The third-order valence-corrected chi connectivity index (χ3v) is 0. The first-order valence-electron chi connectivity index (χ1n) is 0.167. The summed E-state index contributed by atoms with van der Waals surface area (Å²) in [5.74, 6) is 0. The van der Waals surface area contributed by atoms with E-state index >= 15 is 0 Å². The Hall–Kier alpha value is 1.51. The molecular weight excluding hydrogens is 199 g/mol. The van der Waals surface area contributed by atoms with Crippen LogP contribution in [-0.2, 0) is 3.10 Å². The van der Waals surface area contributed by atoms with Gasteiger partial charge in [0.05, 0.1) is 0 Å². The van der Waals surface area contributed by atoms with Crippen LogP contribution >= 0.6 is 0 Å². The van der Waals surface area contributed by atoms with Crippen LogP contribution in [0.2, 0.25) is 0 Å². The topological polar surface area (TPSA) is 80.1 Å². The molecule has 5 heteroatoms. The Morgan fingerprint density at radius 3 is 1.00 bits per heavy atom. The normalized spacial score (nSPS) is 0.800. The quantitative estimate of drug-likeness (QED) is 0.392. The summed E-state index contributed by atoms with van der Waals surface area (Å²) in [6, 6.07) is 0. The molecule has 0 aliphatic rings. The van der Waals surface area contributed by atoms with E-state index in [9.17, 15) is 0 Å². The fourth-order valence-corrected chi connectivity index (χ4v) is 0. The molecule has 0 heterocycles. The van der Waals surface area contributed by atoms with Crippen molar-refractivity contribution in [1.82, 2.24) is 0 Å². The van der Waals surface area contributed by atoms with E-state index in [2.05, 4.69) is 0 Å². The van der Waals surface area contributed by atoms with Crippen molar-refractivity contribution in [2.24, 2.45) is 0 Å². The van der Waals surface area contributed by atoms with Gasteiger partial charge in [-0.25, -0.2) is 0 Å². The van der Waals surface area contributed by atoms with Crippen molar-refractivity contribution in [2.45, 2.75) is 0 Å². The van der Waals surface area contributed by atoms with Gasteiger partial charge >= 0.3 is 54.9 Å². The summed E-state index contributed by atoms with van der Waals surface area (Å²) in [6.07, 6.45) is 0. The molecule has 0 aliphatic carbocycles. The van der Waals surface area contributed by atoms with Crippen LogP contribution in [0.3, 0.4) is 0 Å². The minimum atomic E-state index is 0. The average Bonchev–Trinajstić information content (AvgIpc) is 1.00. The van der Waals surface area contributed by atoms with E-state index in [1.807, 2.05) is 0 Å². The molecule has 4 N–H and O–H groups in total. The van der Waals surface area contributed by atoms with Crippen molar-refractivity contribution in [1.29, 1.82) is 0 Å². The number of rotatable bonds is 0. The first kappa shape index (κ1) is 31.4. The van der Waals surface area contributed by atoms with Crippen molar-refractivity contribution >= 4 is 51.8 Å². The average molecular weight is 204 g/mol. The van der Waals surface area contributed by atoms with E-state index in [-0.39, 0.29) is 40.5 Å². The summed E-state index contributed by atoms with van der Waals surface area (Å²) in [7, 11) is 0. The van der Waals surface area contributed by atoms with E-state index in [0.29, 0.717) is 22.3 Å². The van der Waals surface area contributed by atoms with Crippen LogP contribution in [0, 0.1) is 0 Å². The van der Waals surface area contributed by atoms with Gasteiger partial charge in [-0.05, 0) is 0 Å². The van der Waals surface area contributed by atoms with Crippen molar-refractivity contribution in [2.75, 3.05) is 0 Å². The molecule has 0 rings (SSSR count). The Morgan fingerprint density at radius 2 is 1.00 bits per heavy atom. The minimum absolute atomic E-state index is 0. The summed E-state index contributed by atoms with van der Waals surface area (Å²) < 4.78 is 8.26. The second-order valence-corrected chi connectivity index (χ2v) is 0. The Bertz CT molecular complexity index is 6.85. The first-order valence-corrected chi connectivity index (χ1v) is 1.12. The standard InChI is InChI=1S/Na.OTe.2H2O.H/c;1-2;;;/h;;2*1H2;/q;+1;;;. The molecule has 0 aliphatic heterocycles. The van der Waals surface area contributed by atoms with Gasteiger partial charge in [-0.3, -0.25) is 0 Å². The van der Waals surface area contributed by atoms with Gasteiger partial charge in [0.25, 0.3) is 0 Å². The summed E-state index contributed by atoms with van der Waals surface area (Å²) in [5, 5.41) is 0. The van der Waals surface area contributed by atoms with Crippen LogP contribution in [0.4, 0.5) is 0 Å². The third-order valence-electron chi connectivity index (χ3n) is 0. The molecule has 0 aromatic heterocycles. The molecule has 0 amide bonds. The van der Waals surface area contributed by atoms with Crippen LogP contribution in [0.15, 0.2) is 0 Å². The Kier molecular flexibility index (Phi) is 309. The van der Waals surface area contributed by atoms with E-state index < -0.39 is 0 Å². The van der Waals surface area contributed by atoms with E-state index in [1.54, 1.807) is 0 Å². The molecule has 0 saturated heterocycles. The fourth-order valence-electron chi connectivity index (χ4n) is 0. The van der Waals surface area contributed by atoms with E-state index in [1.165, 1.54) is 0 Å². The maximum absolute atomic E-state index is 8.26. The van der Waals surface area contributed by atoms with Crippen molar-refractivity contribution < 1.29 is 14.1 Å². The fraction of sp³-hybridized carbons (Fsp3) is 0. The third kappa shape index (κ3) is 29.8.